The zero-order valence-electron chi connectivity index (χ0n) is 16.5. The molecule has 1 saturated carbocycles. The first-order valence-electron chi connectivity index (χ1n) is 9.61. The van der Waals surface area contributed by atoms with Gasteiger partial charge in [0.05, 0.1) is 6.61 Å². The molecule has 0 bridgehead atoms. The van der Waals surface area contributed by atoms with Crippen LogP contribution in [0.5, 0.6) is 0 Å². The summed E-state index contributed by atoms with van der Waals surface area (Å²) in [4.78, 5) is 21.2. The number of nitrogens with zero attached hydrogens (tertiary/aromatic N) is 3. The average molecular weight is 481 g/mol. The molecule has 26 heavy (non-hydrogen) atoms. The van der Waals surface area contributed by atoms with Crippen LogP contribution in [-0.4, -0.2) is 87.7 Å². The highest BCUT2D eigenvalue weighted by molar-refractivity contribution is 14.0. The van der Waals surface area contributed by atoms with Gasteiger partial charge < -0.3 is 20.3 Å². The minimum absolute atomic E-state index is 0. The Bertz CT molecular complexity index is 435. The summed E-state index contributed by atoms with van der Waals surface area (Å²) in [7, 11) is 3.48. The number of carbonyl (C=O) groups excluding carboxylic acids is 1. The van der Waals surface area contributed by atoms with E-state index in [9.17, 15) is 4.79 Å². The lowest BCUT2D eigenvalue weighted by molar-refractivity contribution is -0.137. The molecule has 0 radical (unpaired) electrons. The second-order valence-electron chi connectivity index (χ2n) is 7.15. The fourth-order valence-electron chi connectivity index (χ4n) is 3.67. The summed E-state index contributed by atoms with van der Waals surface area (Å²) in [6.45, 7) is 8.19. The molecule has 1 heterocycles. The number of ether oxygens (including phenoxy) is 1. The molecule has 0 aromatic heterocycles. The molecular formula is C18H36IN5O2. The Hall–Kier alpha value is -0.610. The van der Waals surface area contributed by atoms with E-state index < -0.39 is 0 Å². The zero-order valence-corrected chi connectivity index (χ0v) is 18.8. The maximum Gasteiger partial charge on any atom is 0.225 e. The van der Waals surface area contributed by atoms with Crippen LogP contribution in [0.1, 0.15) is 32.6 Å². The van der Waals surface area contributed by atoms with Crippen molar-refractivity contribution in [3.8, 4) is 0 Å². The van der Waals surface area contributed by atoms with Gasteiger partial charge in [-0.15, -0.1) is 24.0 Å². The minimum Gasteiger partial charge on any atom is -0.383 e. The van der Waals surface area contributed by atoms with Crippen molar-refractivity contribution in [2.24, 2.45) is 10.9 Å². The summed E-state index contributed by atoms with van der Waals surface area (Å²) in [5.41, 5.74) is 0. The van der Waals surface area contributed by atoms with Gasteiger partial charge in [0.25, 0.3) is 0 Å². The third-order valence-electron chi connectivity index (χ3n) is 5.13. The largest absolute Gasteiger partial charge is 0.383 e. The number of nitrogens with one attached hydrogen (secondary N) is 2. The number of methoxy groups -OCH3 is 1. The second-order valence-corrected chi connectivity index (χ2v) is 7.15. The topological polar surface area (TPSA) is 69.2 Å². The molecule has 1 amide bonds. The first-order chi connectivity index (χ1) is 12.1. The van der Waals surface area contributed by atoms with Crippen LogP contribution in [0.4, 0.5) is 0 Å². The highest BCUT2D eigenvalue weighted by atomic mass is 127. The van der Waals surface area contributed by atoms with Crippen molar-refractivity contribution in [3.05, 3.63) is 0 Å². The molecule has 2 N–H and O–H groups in total. The second kappa shape index (κ2) is 12.7. The number of piperazine rings is 1. The van der Waals surface area contributed by atoms with Crippen LogP contribution in [0.2, 0.25) is 0 Å². The lowest BCUT2D eigenvalue weighted by Gasteiger charge is -2.36. The molecule has 0 aromatic rings. The Morgan fingerprint density at radius 2 is 1.88 bits per heavy atom. The van der Waals surface area contributed by atoms with Gasteiger partial charge in [-0.1, -0.05) is 12.8 Å². The molecule has 8 heteroatoms. The number of rotatable bonds is 7. The van der Waals surface area contributed by atoms with Gasteiger partial charge in [0.15, 0.2) is 5.96 Å². The van der Waals surface area contributed by atoms with E-state index in [4.69, 9.17) is 4.74 Å². The van der Waals surface area contributed by atoms with Gasteiger partial charge >= 0.3 is 0 Å². The van der Waals surface area contributed by atoms with Crippen LogP contribution >= 0.6 is 24.0 Å². The van der Waals surface area contributed by atoms with Gasteiger partial charge in [-0.2, -0.15) is 0 Å². The SMILES string of the molecule is CN=C(NCCN1CCN(C(=O)C2CCCC2)CC1)NC(C)COC.I. The standard InChI is InChI=1S/C18H35N5O2.HI/c1-15(14-25-3)21-18(19-2)20-8-9-22-10-12-23(13-11-22)17(24)16-6-4-5-7-16;/h15-16H,4-14H2,1-3H3,(H2,19,20,21);1H. The maximum absolute atomic E-state index is 12.5. The van der Waals surface area contributed by atoms with E-state index >= 15 is 0 Å². The summed E-state index contributed by atoms with van der Waals surface area (Å²) in [5.74, 6) is 1.50. The first kappa shape index (κ1) is 23.4. The Kier molecular flexibility index (Phi) is 11.5. The first-order valence-corrected chi connectivity index (χ1v) is 9.61. The molecule has 0 spiro atoms. The molecule has 1 atom stereocenters. The molecule has 1 aliphatic heterocycles. The van der Waals surface area contributed by atoms with Crippen molar-refractivity contribution in [3.63, 3.8) is 0 Å². The van der Waals surface area contributed by atoms with Gasteiger partial charge in [0.2, 0.25) is 5.91 Å². The van der Waals surface area contributed by atoms with Crippen LogP contribution in [0.15, 0.2) is 4.99 Å². The molecule has 2 fully saturated rings. The van der Waals surface area contributed by atoms with Crippen molar-refractivity contribution in [2.75, 3.05) is 60.0 Å². The zero-order chi connectivity index (χ0) is 18.1. The van der Waals surface area contributed by atoms with Crippen molar-refractivity contribution in [1.82, 2.24) is 20.4 Å². The van der Waals surface area contributed by atoms with E-state index in [2.05, 4.69) is 32.3 Å². The number of hydrogen-bond donors (Lipinski definition) is 2. The van der Waals surface area contributed by atoms with Crippen molar-refractivity contribution < 1.29 is 9.53 Å². The molecule has 152 valence electrons. The van der Waals surface area contributed by atoms with E-state index in [1.807, 2.05) is 0 Å². The molecule has 1 aliphatic carbocycles. The molecule has 0 aromatic carbocycles. The molecule has 7 nitrogen and oxygen atoms in total. The number of carbonyl (C=O) groups is 1. The molecule has 1 saturated heterocycles. The summed E-state index contributed by atoms with van der Waals surface area (Å²) in [6.07, 6.45) is 4.63. The summed E-state index contributed by atoms with van der Waals surface area (Å²) < 4.78 is 5.13. The lowest BCUT2D eigenvalue weighted by atomic mass is 10.1. The predicted molar refractivity (Wildman–Crippen MR) is 116 cm³/mol. The van der Waals surface area contributed by atoms with E-state index in [0.717, 1.165) is 58.1 Å². The third kappa shape index (κ3) is 7.56. The van der Waals surface area contributed by atoms with E-state index in [0.29, 0.717) is 18.4 Å². The Morgan fingerprint density at radius 3 is 2.46 bits per heavy atom. The van der Waals surface area contributed by atoms with Crippen LogP contribution in [0.3, 0.4) is 0 Å². The fraction of sp³-hybridized carbons (Fsp3) is 0.889. The van der Waals surface area contributed by atoms with Crippen molar-refractivity contribution in [2.45, 2.75) is 38.6 Å². The van der Waals surface area contributed by atoms with Gasteiger partial charge in [-0.3, -0.25) is 14.7 Å². The average Bonchev–Trinajstić information content (AvgIpc) is 3.15. The van der Waals surface area contributed by atoms with Gasteiger partial charge in [0.1, 0.15) is 0 Å². The molecule has 2 rings (SSSR count). The predicted octanol–water partition coefficient (Wildman–Crippen LogP) is 1.14. The Morgan fingerprint density at radius 1 is 1.23 bits per heavy atom. The van der Waals surface area contributed by atoms with Gasteiger partial charge in [-0.05, 0) is 19.8 Å². The number of amides is 1. The molecule has 2 aliphatic rings. The Labute approximate surface area is 175 Å². The van der Waals surface area contributed by atoms with Crippen molar-refractivity contribution >= 4 is 35.8 Å². The van der Waals surface area contributed by atoms with E-state index in [1.54, 1.807) is 14.2 Å². The number of guanidine groups is 1. The highest BCUT2D eigenvalue weighted by Gasteiger charge is 2.29. The summed E-state index contributed by atoms with van der Waals surface area (Å²) >= 11 is 0. The molecular weight excluding hydrogens is 445 g/mol. The highest BCUT2D eigenvalue weighted by Crippen LogP contribution is 2.26. The lowest BCUT2D eigenvalue weighted by Crippen LogP contribution is -2.52. The maximum atomic E-state index is 12.5. The smallest absolute Gasteiger partial charge is 0.225 e. The van der Waals surface area contributed by atoms with Crippen LogP contribution in [0, 0.1) is 5.92 Å². The Balaban J connectivity index is 0.00000338. The number of halogens is 1. The number of hydrogen-bond acceptors (Lipinski definition) is 4. The van der Waals surface area contributed by atoms with Crippen molar-refractivity contribution in [1.29, 1.82) is 0 Å². The summed E-state index contributed by atoms with van der Waals surface area (Å²) in [5, 5.41) is 6.65. The van der Waals surface area contributed by atoms with Crippen LogP contribution in [-0.2, 0) is 9.53 Å². The summed E-state index contributed by atoms with van der Waals surface area (Å²) in [6, 6.07) is 0.223. The monoisotopic (exact) mass is 481 g/mol. The van der Waals surface area contributed by atoms with E-state index in [1.165, 1.54) is 12.8 Å². The normalized spacial score (nSPS) is 20.6. The quantitative estimate of drug-likeness (QED) is 0.324. The van der Waals surface area contributed by atoms with Gasteiger partial charge in [-0.25, -0.2) is 0 Å². The number of aliphatic imine (C=N–C) groups is 1. The molecule has 1 unspecified atom stereocenters. The van der Waals surface area contributed by atoms with Crippen LogP contribution < -0.4 is 10.6 Å². The van der Waals surface area contributed by atoms with E-state index in [-0.39, 0.29) is 30.0 Å². The van der Waals surface area contributed by atoms with Crippen LogP contribution in [0.25, 0.3) is 0 Å². The fourth-order valence-corrected chi connectivity index (χ4v) is 3.67. The minimum atomic E-state index is 0. The van der Waals surface area contributed by atoms with Gasteiger partial charge in [0, 0.05) is 65.4 Å². The third-order valence-corrected chi connectivity index (χ3v) is 5.13.